The van der Waals surface area contributed by atoms with Gasteiger partial charge in [0.25, 0.3) is 0 Å². The fraction of sp³-hybridized carbons (Fsp3) is 0.0370. The van der Waals surface area contributed by atoms with E-state index < -0.39 is 36.5 Å². The second-order valence-corrected chi connectivity index (χ2v) is 42.3. The van der Waals surface area contributed by atoms with Crippen molar-refractivity contribution in [3.8, 4) is 22.3 Å². The average Bonchev–Trinajstić information content (AvgIpc) is 1.42. The normalized spacial score (nSPS) is 12.7. The van der Waals surface area contributed by atoms with Crippen molar-refractivity contribution < 1.29 is 45.5 Å². The third kappa shape index (κ3) is 24.7. The van der Waals surface area contributed by atoms with Gasteiger partial charge in [-0.2, -0.15) is 0 Å². The molecule has 2 aliphatic rings. The molecule has 3 N–H and O–H groups in total. The van der Waals surface area contributed by atoms with Crippen LogP contribution in [-0.4, -0.2) is 36.3 Å². The van der Waals surface area contributed by atoms with E-state index in [0.717, 1.165) is 135 Å². The van der Waals surface area contributed by atoms with Crippen LogP contribution in [0.2, 0.25) is 0 Å². The number of hydrogen-bond acceptors (Lipinski definition) is 5. The van der Waals surface area contributed by atoms with E-state index in [2.05, 4.69) is 147 Å². The van der Waals surface area contributed by atoms with Gasteiger partial charge in [0.05, 0.1) is 12.2 Å². The van der Waals surface area contributed by atoms with Crippen molar-refractivity contribution in [2.24, 2.45) is 0 Å². The summed E-state index contributed by atoms with van der Waals surface area (Å²) in [5.41, 5.74) is 4.48. The topological polar surface area (TPSA) is 111 Å². The predicted molar refractivity (Wildman–Crippen MR) is 545 cm³/mol. The number of benzene rings is 18. The van der Waals surface area contributed by atoms with Crippen LogP contribution in [0.5, 0.6) is 0 Å². The summed E-state index contributed by atoms with van der Waals surface area (Å²) in [5, 5.41) is 20.4. The molecule has 18 aromatic carbocycles. The van der Waals surface area contributed by atoms with E-state index in [1.165, 1.54) is 34.7 Å². The second kappa shape index (κ2) is 48.2. The maximum atomic E-state index is 15.4. The Morgan fingerprint density at radius 2 is 0.664 bits per heavy atom. The van der Waals surface area contributed by atoms with E-state index in [0.29, 0.717) is 0 Å². The number of halogens is 5. The molecule has 17 heteroatoms. The maximum Gasteiger partial charge on any atom is 2.00 e. The smallest absolute Gasteiger partial charge is 1.00 e. The number of rotatable bonds is 13. The molecular weight excluding hydrogens is 1880 g/mol. The van der Waals surface area contributed by atoms with Gasteiger partial charge < -0.3 is 36.3 Å². The monoisotopic (exact) mass is 1960 g/mol. The van der Waals surface area contributed by atoms with Gasteiger partial charge in [0.1, 0.15) is 24.1 Å². The molecule has 1 aliphatic heterocycles. The van der Waals surface area contributed by atoms with Gasteiger partial charge in [0.15, 0.2) is 24.9 Å². The van der Waals surface area contributed by atoms with Crippen LogP contribution < -0.4 is 70.0 Å². The standard InChI is InChI=1S/C44H32O2P2.2C16H12OP.C12H8Br2.C10H7.C6H4Cl2P.C4H8O.BrH.Mg.H2O/c45-47(37-17-3-1-4-18-37,43-23-11-15-35-13-7-9-21-41(35)43)39-29-25-33(26-30-39)34-27-31-40(32-28-34)48(46,38-19-5-2-6-20-38)44-24-12-16-36-14-8-10-22-42(36)44;2*17-18(14-9-2-1-3-10-14)16-12-6-8-13-7-4-5-11-15(13)16;13-11-5-1-9(2-6-11)10-3-7-12(14)8-4-10;1-2-6-10-8-4-3-7-9(10)5-1;7-9(8)6-4-2-1-3-5-6;1-2-4-5-3-1;;;/h1-32H;2*1-12H;1-8H;1-7H;2-5H;1-4H2;1H;;1H2/q;2*+1;;-1;+1;;;+2;. The quantitative estimate of drug-likeness (QED) is 0.0494. The van der Waals surface area contributed by atoms with Gasteiger partial charge in [-0.3, -0.25) is 0 Å². The van der Waals surface area contributed by atoms with Crippen LogP contribution in [0.1, 0.15) is 12.8 Å². The zero-order chi connectivity index (χ0) is 84.3. The Balaban J connectivity index is 0.000000162. The summed E-state index contributed by atoms with van der Waals surface area (Å²) >= 11 is 18.1. The fourth-order valence-electron chi connectivity index (χ4n) is 14.3. The molecule has 612 valence electrons. The molecule has 0 saturated carbocycles. The molecule has 1 fully saturated rings. The number of ether oxygens (including phenoxy) is 1. The summed E-state index contributed by atoms with van der Waals surface area (Å²) in [6.07, 6.45) is 12.8. The molecular formula is C108H86Br3Cl2MgO6P5+4. The molecule has 1 saturated heterocycles. The molecule has 0 aromatic heterocycles. The summed E-state index contributed by atoms with van der Waals surface area (Å²) in [6, 6.07) is 146. The zero-order valence-electron chi connectivity index (χ0n) is 68.1. The van der Waals surface area contributed by atoms with Crippen molar-refractivity contribution in [2.45, 2.75) is 12.8 Å². The van der Waals surface area contributed by atoms with E-state index in [9.17, 15) is 9.13 Å². The summed E-state index contributed by atoms with van der Waals surface area (Å²) in [4.78, 5) is 0. The van der Waals surface area contributed by atoms with Gasteiger partial charge in [0.2, 0.25) is 10.6 Å². The van der Waals surface area contributed by atoms with Crippen molar-refractivity contribution in [2.75, 3.05) is 13.2 Å². The second-order valence-electron chi connectivity index (χ2n) is 28.3. The Bertz CT molecular complexity index is 6330. The zero-order valence-corrected chi connectivity index (χ0v) is 80.2. The van der Waals surface area contributed by atoms with Crippen LogP contribution in [0.4, 0.5) is 0 Å². The molecule has 18 aromatic rings. The SMILES string of the molecule is Brc1ccc(-c2ccc(Br)cc2)cc1.C1CCOC1.ClP(Cl)C1=CC=[C+]C=C1.O=P(c1ccccc1)(c1ccc(-c2ccc(P(=O)(c3ccccc3)c3cccc4ccccc34)cc2)cc1)c1cccc2ccccc12.O=[P+](c1ccccc1)c1cccc2ccccc12.O=[P+](c1ccccc1)c1cccc2ccccc12.[Br-].[Mg+2].[OH3+].[c-]1cccc2ccccc12. The Morgan fingerprint density at radius 1 is 0.352 bits per heavy atom. The molecule has 4 atom stereocenters. The first kappa shape index (κ1) is 95.8. The Kier molecular flexibility index (Phi) is 37.0. The molecule has 0 bridgehead atoms. The van der Waals surface area contributed by atoms with Crippen LogP contribution in [0.25, 0.3) is 76.1 Å². The summed E-state index contributed by atoms with van der Waals surface area (Å²) in [7, 11) is -9.42. The first-order valence-electron chi connectivity index (χ1n) is 39.8. The Morgan fingerprint density at radius 3 is 1.02 bits per heavy atom. The van der Waals surface area contributed by atoms with Gasteiger partial charge >= 0.3 is 38.7 Å². The van der Waals surface area contributed by atoms with Gasteiger partial charge in [-0.05, 0) is 140 Å². The van der Waals surface area contributed by atoms with Crippen molar-refractivity contribution >= 4 is 221 Å². The summed E-state index contributed by atoms with van der Waals surface area (Å²) < 4.78 is 63.1. The minimum atomic E-state index is -3.19. The van der Waals surface area contributed by atoms with Crippen molar-refractivity contribution in [1.29, 1.82) is 0 Å². The predicted octanol–water partition coefficient (Wildman–Crippen LogP) is 23.8. The molecule has 1 aliphatic carbocycles. The van der Waals surface area contributed by atoms with E-state index in [-0.39, 0.29) is 45.5 Å². The van der Waals surface area contributed by atoms with Crippen LogP contribution in [0.15, 0.2) is 469 Å². The largest absolute Gasteiger partial charge is 2.00 e. The van der Waals surface area contributed by atoms with Crippen molar-refractivity contribution in [3.05, 3.63) is 481 Å². The van der Waals surface area contributed by atoms with E-state index in [1.807, 2.05) is 340 Å². The van der Waals surface area contributed by atoms with Crippen LogP contribution in [0, 0.1) is 12.1 Å². The first-order valence-corrected chi connectivity index (χ1v) is 50.5. The van der Waals surface area contributed by atoms with Gasteiger partial charge in [0, 0.05) is 70.8 Å². The van der Waals surface area contributed by atoms with Gasteiger partial charge in [-0.15, -0.1) is 47.2 Å². The van der Waals surface area contributed by atoms with Crippen molar-refractivity contribution in [3.63, 3.8) is 0 Å². The first-order chi connectivity index (χ1) is 59.8. The van der Waals surface area contributed by atoms with Crippen molar-refractivity contribution in [1.82, 2.24) is 0 Å². The number of hydrogen-bond donors (Lipinski definition) is 0. The van der Waals surface area contributed by atoms with Gasteiger partial charge in [-0.25, -0.2) is 0 Å². The molecule has 20 rings (SSSR count). The minimum absolute atomic E-state index is 0. The summed E-state index contributed by atoms with van der Waals surface area (Å²) in [5.74, 6) is 0. The maximum absolute atomic E-state index is 15.4. The molecule has 4 unspecified atom stereocenters. The van der Waals surface area contributed by atoms with E-state index in [4.69, 9.17) is 27.2 Å². The Hall–Kier alpha value is -9.81. The van der Waals surface area contributed by atoms with Crippen LogP contribution in [-0.2, 0) is 28.5 Å². The number of fused-ring (bicyclic) bond motifs is 5. The molecule has 6 nitrogen and oxygen atoms in total. The Labute approximate surface area is 788 Å². The fourth-order valence-corrected chi connectivity index (χ4v) is 24.4. The third-order valence-corrected chi connectivity index (χ3v) is 32.9. The molecule has 0 spiro atoms. The molecule has 0 radical (unpaired) electrons. The van der Waals surface area contributed by atoms with E-state index in [1.54, 1.807) is 12.2 Å². The van der Waals surface area contributed by atoms with Crippen LogP contribution in [0.3, 0.4) is 0 Å². The molecule has 0 amide bonds. The summed E-state index contributed by atoms with van der Waals surface area (Å²) in [6.45, 7) is 1.03. The van der Waals surface area contributed by atoms with Gasteiger partial charge in [-0.1, -0.05) is 391 Å². The average molecular weight is 1970 g/mol. The molecule has 1 heterocycles. The molecule has 125 heavy (non-hydrogen) atoms. The van der Waals surface area contributed by atoms with E-state index >= 15 is 9.13 Å². The minimum Gasteiger partial charge on any atom is -1.00 e. The third-order valence-electron chi connectivity index (χ3n) is 20.5. The number of allylic oxidation sites excluding steroid dienone is 6. The van der Waals surface area contributed by atoms with Crippen LogP contribution >= 0.6 is 90.9 Å².